The van der Waals surface area contributed by atoms with Crippen LogP contribution >= 0.6 is 34.8 Å². The summed E-state index contributed by atoms with van der Waals surface area (Å²) in [6, 6.07) is 9.36. The highest BCUT2D eigenvalue weighted by molar-refractivity contribution is 6.35. The maximum absolute atomic E-state index is 13.5. The molecule has 2 rings (SSSR count). The molecule has 0 saturated heterocycles. The fourth-order valence-electron chi connectivity index (χ4n) is 1.65. The van der Waals surface area contributed by atoms with Crippen LogP contribution in [0.15, 0.2) is 36.4 Å². The molecular formula is C16H10Cl3FO. The van der Waals surface area contributed by atoms with Gasteiger partial charge in [0.1, 0.15) is 18.2 Å². The number of alkyl halides is 1. The van der Waals surface area contributed by atoms with E-state index in [0.717, 1.165) is 5.56 Å². The SMILES string of the molecule is Fc1cc(C#CCCl)cc(OCc2ccc(Cl)cc2Cl)c1. The summed E-state index contributed by atoms with van der Waals surface area (Å²) in [7, 11) is 0. The van der Waals surface area contributed by atoms with Crippen molar-refractivity contribution in [2.24, 2.45) is 0 Å². The highest BCUT2D eigenvalue weighted by atomic mass is 35.5. The van der Waals surface area contributed by atoms with Gasteiger partial charge in [-0.1, -0.05) is 41.1 Å². The standard InChI is InChI=1S/C16H10Cl3FO/c17-5-1-2-11-6-14(20)9-15(7-11)21-10-12-3-4-13(18)8-16(12)19/h3-4,6-9H,5,10H2. The van der Waals surface area contributed by atoms with Crippen LogP contribution < -0.4 is 4.74 Å². The zero-order valence-electron chi connectivity index (χ0n) is 10.8. The molecule has 0 unspecified atom stereocenters. The molecule has 0 fully saturated rings. The normalized spacial score (nSPS) is 9.90. The van der Waals surface area contributed by atoms with Gasteiger partial charge in [0.15, 0.2) is 0 Å². The van der Waals surface area contributed by atoms with Crippen LogP contribution in [0.25, 0.3) is 0 Å². The highest BCUT2D eigenvalue weighted by Gasteiger charge is 2.04. The van der Waals surface area contributed by atoms with E-state index in [-0.39, 0.29) is 12.5 Å². The van der Waals surface area contributed by atoms with E-state index in [9.17, 15) is 4.39 Å². The summed E-state index contributed by atoms with van der Waals surface area (Å²) >= 11 is 17.4. The fourth-order valence-corrected chi connectivity index (χ4v) is 2.18. The lowest BCUT2D eigenvalue weighted by atomic mass is 10.2. The first kappa shape index (κ1) is 16.0. The van der Waals surface area contributed by atoms with Crippen molar-refractivity contribution in [2.45, 2.75) is 6.61 Å². The van der Waals surface area contributed by atoms with Gasteiger partial charge in [-0.15, -0.1) is 11.6 Å². The van der Waals surface area contributed by atoms with E-state index in [1.807, 2.05) is 0 Å². The lowest BCUT2D eigenvalue weighted by Crippen LogP contribution is -1.97. The molecule has 0 heterocycles. The minimum Gasteiger partial charge on any atom is -0.489 e. The molecule has 0 radical (unpaired) electrons. The Balaban J connectivity index is 2.14. The van der Waals surface area contributed by atoms with Crippen molar-refractivity contribution in [2.75, 3.05) is 5.88 Å². The molecule has 0 aromatic heterocycles. The molecule has 2 aromatic rings. The summed E-state index contributed by atoms with van der Waals surface area (Å²) in [5.41, 5.74) is 1.27. The van der Waals surface area contributed by atoms with Crippen molar-refractivity contribution in [3.63, 3.8) is 0 Å². The van der Waals surface area contributed by atoms with E-state index in [1.54, 1.807) is 24.3 Å². The molecule has 0 spiro atoms. The van der Waals surface area contributed by atoms with Crippen molar-refractivity contribution in [3.8, 4) is 17.6 Å². The van der Waals surface area contributed by atoms with Gasteiger partial charge in [0.25, 0.3) is 0 Å². The number of halogens is 4. The molecule has 0 aliphatic rings. The number of hydrogen-bond acceptors (Lipinski definition) is 1. The Morgan fingerprint density at radius 2 is 1.90 bits per heavy atom. The van der Waals surface area contributed by atoms with Crippen LogP contribution in [0.3, 0.4) is 0 Å². The van der Waals surface area contributed by atoms with Gasteiger partial charge in [-0.3, -0.25) is 0 Å². The van der Waals surface area contributed by atoms with Crippen molar-refractivity contribution in [1.82, 2.24) is 0 Å². The van der Waals surface area contributed by atoms with Gasteiger partial charge in [-0.05, 0) is 24.3 Å². The molecular weight excluding hydrogens is 334 g/mol. The van der Waals surface area contributed by atoms with Gasteiger partial charge < -0.3 is 4.74 Å². The minimum absolute atomic E-state index is 0.188. The van der Waals surface area contributed by atoms with Crippen molar-refractivity contribution < 1.29 is 9.13 Å². The molecule has 0 atom stereocenters. The summed E-state index contributed by atoms with van der Waals surface area (Å²) in [5.74, 6) is 5.55. The van der Waals surface area contributed by atoms with Gasteiger partial charge in [-0.25, -0.2) is 4.39 Å². The highest BCUT2D eigenvalue weighted by Crippen LogP contribution is 2.23. The Hall–Kier alpha value is -1.40. The third-order valence-electron chi connectivity index (χ3n) is 2.58. The van der Waals surface area contributed by atoms with Gasteiger partial charge in [-0.2, -0.15) is 0 Å². The minimum atomic E-state index is -0.423. The molecule has 2 aromatic carbocycles. The van der Waals surface area contributed by atoms with Crippen molar-refractivity contribution >= 4 is 34.8 Å². The second-order valence-corrected chi connectivity index (χ2v) is 5.25. The number of benzene rings is 2. The maximum atomic E-state index is 13.5. The Labute approximate surface area is 137 Å². The van der Waals surface area contributed by atoms with E-state index in [1.165, 1.54) is 12.1 Å². The van der Waals surface area contributed by atoms with Crippen LogP contribution in [0.4, 0.5) is 4.39 Å². The van der Waals surface area contributed by atoms with Crippen LogP contribution in [-0.2, 0) is 6.61 Å². The molecule has 5 heteroatoms. The zero-order valence-corrected chi connectivity index (χ0v) is 13.1. The molecule has 0 saturated carbocycles. The second kappa shape index (κ2) is 7.56. The van der Waals surface area contributed by atoms with E-state index < -0.39 is 5.82 Å². The second-order valence-electron chi connectivity index (χ2n) is 4.14. The first-order valence-corrected chi connectivity index (χ1v) is 7.29. The van der Waals surface area contributed by atoms with Crippen LogP contribution in [0, 0.1) is 17.7 Å². The predicted molar refractivity (Wildman–Crippen MR) is 84.8 cm³/mol. The summed E-state index contributed by atoms with van der Waals surface area (Å²) in [6.07, 6.45) is 0. The topological polar surface area (TPSA) is 9.23 Å². The predicted octanol–water partition coefficient (Wildman–Crippen LogP) is 5.30. The molecule has 0 aliphatic heterocycles. The smallest absolute Gasteiger partial charge is 0.128 e. The van der Waals surface area contributed by atoms with Crippen molar-refractivity contribution in [1.29, 1.82) is 0 Å². The summed E-state index contributed by atoms with van der Waals surface area (Å²) in [6.45, 7) is 0.210. The van der Waals surface area contributed by atoms with Gasteiger partial charge in [0.05, 0.1) is 5.88 Å². The molecule has 108 valence electrons. The first-order valence-electron chi connectivity index (χ1n) is 6.00. The zero-order chi connectivity index (χ0) is 15.2. The van der Waals surface area contributed by atoms with Crippen LogP contribution in [0.2, 0.25) is 10.0 Å². The lowest BCUT2D eigenvalue weighted by Gasteiger charge is -2.08. The van der Waals surface area contributed by atoms with Gasteiger partial charge in [0.2, 0.25) is 0 Å². The van der Waals surface area contributed by atoms with E-state index >= 15 is 0 Å². The van der Waals surface area contributed by atoms with Crippen LogP contribution in [0.1, 0.15) is 11.1 Å². The lowest BCUT2D eigenvalue weighted by molar-refractivity contribution is 0.304. The molecule has 21 heavy (non-hydrogen) atoms. The fraction of sp³-hybridized carbons (Fsp3) is 0.125. The van der Waals surface area contributed by atoms with E-state index in [4.69, 9.17) is 39.5 Å². The largest absolute Gasteiger partial charge is 0.489 e. The molecule has 0 aliphatic carbocycles. The average molecular weight is 344 g/mol. The maximum Gasteiger partial charge on any atom is 0.128 e. The Morgan fingerprint density at radius 3 is 2.62 bits per heavy atom. The summed E-state index contributed by atoms with van der Waals surface area (Å²) < 4.78 is 19.0. The number of rotatable bonds is 3. The van der Waals surface area contributed by atoms with E-state index in [2.05, 4.69) is 11.8 Å². The Bertz CT molecular complexity index is 704. The summed E-state index contributed by atoms with van der Waals surface area (Å²) in [5, 5.41) is 1.05. The van der Waals surface area contributed by atoms with Crippen LogP contribution in [-0.4, -0.2) is 5.88 Å². The molecule has 0 N–H and O–H groups in total. The number of hydrogen-bond donors (Lipinski definition) is 0. The monoisotopic (exact) mass is 342 g/mol. The average Bonchev–Trinajstić information content (AvgIpc) is 2.43. The quantitative estimate of drug-likeness (QED) is 0.542. The molecule has 1 nitrogen and oxygen atoms in total. The first-order chi connectivity index (χ1) is 10.1. The third kappa shape index (κ3) is 4.82. The third-order valence-corrected chi connectivity index (χ3v) is 3.30. The summed E-state index contributed by atoms with van der Waals surface area (Å²) in [4.78, 5) is 0. The Morgan fingerprint density at radius 1 is 1.10 bits per heavy atom. The van der Waals surface area contributed by atoms with Gasteiger partial charge in [0, 0.05) is 27.2 Å². The van der Waals surface area contributed by atoms with E-state index in [0.29, 0.717) is 21.4 Å². The van der Waals surface area contributed by atoms with Crippen LogP contribution in [0.5, 0.6) is 5.75 Å². The number of ether oxygens (including phenoxy) is 1. The molecule has 0 amide bonds. The van der Waals surface area contributed by atoms with Crippen molar-refractivity contribution in [3.05, 3.63) is 63.4 Å². The molecule has 0 bridgehead atoms. The van der Waals surface area contributed by atoms with Gasteiger partial charge >= 0.3 is 0 Å². The Kier molecular flexibility index (Phi) is 5.76.